The average Bonchev–Trinajstić information content (AvgIpc) is 3.57. The van der Waals surface area contributed by atoms with Crippen molar-refractivity contribution in [1.29, 1.82) is 0 Å². The third-order valence-electron chi connectivity index (χ3n) is 18.2. The van der Waals surface area contributed by atoms with Gasteiger partial charge in [0.05, 0.1) is 0 Å². The molecule has 7 rings (SSSR count). The first-order valence-electron chi connectivity index (χ1n) is 31.0. The molecule has 0 radical (unpaired) electrons. The van der Waals surface area contributed by atoms with E-state index in [9.17, 15) is 0 Å². The number of hydrogen-bond donors (Lipinski definition) is 0. The third kappa shape index (κ3) is 12.3. The Morgan fingerprint density at radius 1 is 0.217 bits per heavy atom. The number of methoxy groups -OCH3 is 3. The summed E-state index contributed by atoms with van der Waals surface area (Å²) in [6.07, 6.45) is 0. The smallest absolute Gasteiger partial charge is 0.143 e. The third-order valence-corrected chi connectivity index (χ3v) is 18.2. The zero-order chi connectivity index (χ0) is 61.8. The van der Waals surface area contributed by atoms with Gasteiger partial charge in [-0.25, -0.2) is 0 Å². The van der Waals surface area contributed by atoms with Crippen molar-refractivity contribution in [2.75, 3.05) is 21.3 Å². The lowest BCUT2D eigenvalue weighted by atomic mass is 9.67. The molecule has 0 amide bonds. The van der Waals surface area contributed by atoms with Gasteiger partial charge in [-0.1, -0.05) is 293 Å². The fourth-order valence-corrected chi connectivity index (χ4v) is 12.9. The van der Waals surface area contributed by atoms with E-state index >= 15 is 0 Å². The fourth-order valence-electron chi connectivity index (χ4n) is 12.9. The van der Waals surface area contributed by atoms with E-state index in [1.165, 1.54) is 50.1 Å². The second kappa shape index (κ2) is 23.7. The first-order chi connectivity index (χ1) is 38.4. The minimum Gasteiger partial charge on any atom is -0.364 e. The number of ether oxygens (including phenoxy) is 3. The summed E-state index contributed by atoms with van der Waals surface area (Å²) in [5.74, 6) is 0.478. The zero-order valence-electron chi connectivity index (χ0n) is 56.4. The Morgan fingerprint density at radius 3 is 0.506 bits per heavy atom. The molecule has 3 heteroatoms. The summed E-state index contributed by atoms with van der Waals surface area (Å²) >= 11 is 0. The van der Waals surface area contributed by atoms with Crippen molar-refractivity contribution < 1.29 is 14.2 Å². The van der Waals surface area contributed by atoms with E-state index < -0.39 is 16.8 Å². The summed E-state index contributed by atoms with van der Waals surface area (Å²) in [7, 11) is 5.76. The first-order valence-corrected chi connectivity index (χ1v) is 31.0. The summed E-state index contributed by atoms with van der Waals surface area (Å²) in [6, 6.07) is 56.4. The number of rotatable bonds is 16. The van der Waals surface area contributed by atoms with Crippen LogP contribution in [0.5, 0.6) is 0 Å². The predicted molar refractivity (Wildman–Crippen MR) is 356 cm³/mol. The molecule has 444 valence electrons. The lowest BCUT2D eigenvalue weighted by Gasteiger charge is -2.44. The van der Waals surface area contributed by atoms with E-state index in [4.69, 9.17) is 14.2 Å². The lowest BCUT2D eigenvalue weighted by molar-refractivity contribution is 0.0485. The van der Waals surface area contributed by atoms with Gasteiger partial charge in [-0.3, -0.25) is 0 Å². The van der Waals surface area contributed by atoms with Crippen LogP contribution in [-0.4, -0.2) is 21.3 Å². The van der Waals surface area contributed by atoms with Crippen LogP contribution >= 0.6 is 0 Å². The molecule has 0 spiro atoms. The van der Waals surface area contributed by atoms with Crippen LogP contribution < -0.4 is 0 Å². The van der Waals surface area contributed by atoms with Crippen LogP contribution in [0.15, 0.2) is 146 Å². The number of hydrogen-bond acceptors (Lipinski definition) is 3. The van der Waals surface area contributed by atoms with Crippen molar-refractivity contribution in [2.24, 2.45) is 0 Å². The Morgan fingerprint density at radius 2 is 0.361 bits per heavy atom. The molecule has 0 N–H and O–H groups in total. The zero-order valence-corrected chi connectivity index (χ0v) is 56.4. The summed E-state index contributed by atoms with van der Waals surface area (Å²) in [5, 5.41) is 0. The van der Waals surface area contributed by atoms with Gasteiger partial charge in [-0.05, 0) is 163 Å². The topological polar surface area (TPSA) is 27.7 Å². The molecule has 0 saturated heterocycles. The van der Waals surface area contributed by atoms with Crippen LogP contribution in [0.4, 0.5) is 0 Å². The highest BCUT2D eigenvalue weighted by Gasteiger charge is 2.48. The van der Waals surface area contributed by atoms with Crippen molar-refractivity contribution in [3.63, 3.8) is 0 Å². The van der Waals surface area contributed by atoms with Crippen molar-refractivity contribution in [3.05, 3.63) is 246 Å². The largest absolute Gasteiger partial charge is 0.364 e. The number of benzene rings is 7. The summed E-state index contributed by atoms with van der Waals surface area (Å²) in [4.78, 5) is 0. The highest BCUT2D eigenvalue weighted by atomic mass is 16.5. The monoisotopic (exact) mass is 1110 g/mol. The molecule has 7 aromatic carbocycles. The molecule has 3 nitrogen and oxygen atoms in total. The molecule has 7 aromatic rings. The van der Waals surface area contributed by atoms with Crippen LogP contribution in [0, 0.1) is 0 Å². The molecule has 0 fully saturated rings. The Hall–Kier alpha value is -5.58. The Balaban J connectivity index is 1.77. The van der Waals surface area contributed by atoms with Crippen LogP contribution in [0.25, 0.3) is 0 Å². The summed E-state index contributed by atoms with van der Waals surface area (Å²) in [5.41, 5.74) is 17.5. The summed E-state index contributed by atoms with van der Waals surface area (Å²) in [6.45, 7) is 53.1. The van der Waals surface area contributed by atoms with Gasteiger partial charge in [-0.15, -0.1) is 0 Å². The van der Waals surface area contributed by atoms with Gasteiger partial charge in [0.25, 0.3) is 0 Å². The lowest BCUT2D eigenvalue weighted by Crippen LogP contribution is -2.39. The van der Waals surface area contributed by atoms with E-state index in [2.05, 4.69) is 305 Å². The van der Waals surface area contributed by atoms with Crippen molar-refractivity contribution in [2.45, 2.75) is 227 Å². The second-order valence-corrected chi connectivity index (χ2v) is 30.5. The molecule has 0 saturated carbocycles. The maximum atomic E-state index is 7.76. The Bertz CT molecular complexity index is 3000. The molecule has 0 bridgehead atoms. The van der Waals surface area contributed by atoms with E-state index in [0.29, 0.717) is 0 Å². The maximum absolute atomic E-state index is 7.76. The second-order valence-electron chi connectivity index (χ2n) is 30.5. The molecule has 0 aliphatic heterocycles. The SMILES string of the molecule is COC(c1ccc(C(C)(C)C)cc1)(c1ccc(C(C)(C)C)cc1)c1cc(C(OC)(c2ccc(C(C)(C)C)cc2)c2cc(C(OC)(c3ccc(C(C)(C)C)cc3)c3ccc(C(C)(C)C)cc3)c(C(C)C)cc2C(C)C)c(C(C)C)cc1C(C)C. The van der Waals surface area contributed by atoms with Crippen LogP contribution in [0.1, 0.15) is 283 Å². The molecule has 0 aromatic heterocycles. The molecule has 83 heavy (non-hydrogen) atoms. The molecule has 0 atom stereocenters. The van der Waals surface area contributed by atoms with Gasteiger partial charge in [0.15, 0.2) is 0 Å². The minimum atomic E-state index is -1.18. The Labute approximate surface area is 505 Å². The van der Waals surface area contributed by atoms with Crippen molar-refractivity contribution >= 4 is 0 Å². The fraction of sp³-hybridized carbons (Fsp3) is 0.475. The quantitative estimate of drug-likeness (QED) is 0.0903. The van der Waals surface area contributed by atoms with Gasteiger partial charge < -0.3 is 14.2 Å². The highest BCUT2D eigenvalue weighted by Crippen LogP contribution is 2.54. The van der Waals surface area contributed by atoms with Gasteiger partial charge in [0, 0.05) is 21.3 Å². The van der Waals surface area contributed by atoms with Gasteiger partial charge in [0.1, 0.15) is 16.8 Å². The highest BCUT2D eigenvalue weighted by molar-refractivity contribution is 5.64. The van der Waals surface area contributed by atoms with E-state index in [-0.39, 0.29) is 50.7 Å². The van der Waals surface area contributed by atoms with Crippen LogP contribution in [0.3, 0.4) is 0 Å². The minimum absolute atomic E-state index is 0.0390. The maximum Gasteiger partial charge on any atom is 0.143 e. The van der Waals surface area contributed by atoms with Crippen molar-refractivity contribution in [1.82, 2.24) is 0 Å². The molecule has 0 aliphatic rings. The van der Waals surface area contributed by atoms with Crippen LogP contribution in [0.2, 0.25) is 0 Å². The standard InChI is InChI=1S/C80H106O3/c1-51(2)65-47-67(53(5)6)71(49-69(65)78(81-24,60-37-27-55(28-38-60)73(9,10)11)61-39-29-56(30-40-61)74(12,13)14)80(83-26,64-45-35-59(36-46-64)77(21,22)23)72-50-70(66(52(3)4)48-68(72)54(7)8)79(82-25,62-41-31-57(32-42-62)75(15,16)17)63-43-33-58(34-44-63)76(18,19)20/h27-54H,1-26H3. The first kappa shape index (κ1) is 65.0. The molecular weight excluding hydrogens is 1010 g/mol. The molecule has 0 heterocycles. The average molecular weight is 1120 g/mol. The predicted octanol–water partition coefficient (Wildman–Crippen LogP) is 21.5. The van der Waals surface area contributed by atoms with Crippen molar-refractivity contribution in [3.8, 4) is 0 Å². The van der Waals surface area contributed by atoms with E-state index in [1.54, 1.807) is 0 Å². The Kier molecular flexibility index (Phi) is 18.6. The van der Waals surface area contributed by atoms with E-state index in [1.807, 2.05) is 21.3 Å². The molecule has 0 aliphatic carbocycles. The van der Waals surface area contributed by atoms with Gasteiger partial charge >= 0.3 is 0 Å². The van der Waals surface area contributed by atoms with Gasteiger partial charge in [-0.2, -0.15) is 0 Å². The van der Waals surface area contributed by atoms with Gasteiger partial charge in [0.2, 0.25) is 0 Å². The normalized spacial score (nSPS) is 13.5. The van der Waals surface area contributed by atoms with E-state index in [0.717, 1.165) is 50.1 Å². The summed E-state index contributed by atoms with van der Waals surface area (Å²) < 4.78 is 22.5. The molecular formula is C80H106O3. The molecule has 0 unspecified atom stereocenters. The van der Waals surface area contributed by atoms with Crippen LogP contribution in [-0.2, 0) is 58.1 Å².